The molecule has 3 rings (SSSR count). The zero-order chi connectivity index (χ0) is 19.4. The summed E-state index contributed by atoms with van der Waals surface area (Å²) in [7, 11) is 3.23. The lowest BCUT2D eigenvalue weighted by atomic mass is 10.1. The summed E-state index contributed by atoms with van der Waals surface area (Å²) in [6, 6.07) is 12.0. The molecule has 0 radical (unpaired) electrons. The molecule has 0 aliphatic rings. The number of aryl methyl sites for hydroxylation is 2. The van der Waals surface area contributed by atoms with Crippen molar-refractivity contribution >= 4 is 27.5 Å². The Balaban J connectivity index is 1.97. The predicted octanol–water partition coefficient (Wildman–Crippen LogP) is 3.97. The Morgan fingerprint density at radius 1 is 1.04 bits per heavy atom. The summed E-state index contributed by atoms with van der Waals surface area (Å²) >= 11 is 1.48. The second kappa shape index (κ2) is 8.39. The number of methoxy groups -OCH3 is 2. The SMILES string of the molecule is CCc1ccc(CC(=O)N=c2sc3cc(OC)c(OC)cc3n2CC)cc1. The average Bonchev–Trinajstić information content (AvgIpc) is 3.02. The number of thiazole rings is 1. The van der Waals surface area contributed by atoms with Crippen LogP contribution in [-0.2, 0) is 24.2 Å². The van der Waals surface area contributed by atoms with Gasteiger partial charge in [-0.1, -0.05) is 42.5 Å². The first kappa shape index (κ1) is 19.2. The molecular formula is C21H24N2O3S. The molecule has 1 heterocycles. The van der Waals surface area contributed by atoms with Gasteiger partial charge in [-0.3, -0.25) is 4.79 Å². The topological polar surface area (TPSA) is 52.8 Å². The lowest BCUT2D eigenvalue weighted by Gasteiger charge is -2.08. The van der Waals surface area contributed by atoms with E-state index >= 15 is 0 Å². The van der Waals surface area contributed by atoms with Crippen molar-refractivity contribution in [3.05, 3.63) is 52.3 Å². The first-order valence-corrected chi connectivity index (χ1v) is 9.82. The number of benzene rings is 2. The summed E-state index contributed by atoms with van der Waals surface area (Å²) in [5, 5.41) is 0. The number of nitrogens with zero attached hydrogens (tertiary/aromatic N) is 2. The highest BCUT2D eigenvalue weighted by Crippen LogP contribution is 2.33. The molecule has 0 bridgehead atoms. The molecule has 0 N–H and O–H groups in total. The van der Waals surface area contributed by atoms with E-state index in [2.05, 4.69) is 24.0 Å². The van der Waals surface area contributed by atoms with Crippen LogP contribution in [0.4, 0.5) is 0 Å². The van der Waals surface area contributed by atoms with Crippen LogP contribution in [0.15, 0.2) is 41.4 Å². The molecule has 1 aromatic heterocycles. The molecule has 6 heteroatoms. The second-order valence-corrected chi connectivity index (χ2v) is 7.17. The number of rotatable bonds is 6. The first-order chi connectivity index (χ1) is 13.1. The Labute approximate surface area is 162 Å². The summed E-state index contributed by atoms with van der Waals surface area (Å²) in [6.07, 6.45) is 1.29. The maximum Gasteiger partial charge on any atom is 0.252 e. The van der Waals surface area contributed by atoms with Crippen LogP contribution in [0.2, 0.25) is 0 Å². The molecule has 5 nitrogen and oxygen atoms in total. The van der Waals surface area contributed by atoms with Gasteiger partial charge in [-0.05, 0) is 24.5 Å². The Hall–Kier alpha value is -2.60. The fraction of sp³-hybridized carbons (Fsp3) is 0.333. The third kappa shape index (κ3) is 4.06. The fourth-order valence-corrected chi connectivity index (χ4v) is 4.12. The largest absolute Gasteiger partial charge is 0.493 e. The number of hydrogen-bond acceptors (Lipinski definition) is 4. The van der Waals surface area contributed by atoms with Crippen LogP contribution in [0.25, 0.3) is 10.2 Å². The van der Waals surface area contributed by atoms with Crippen LogP contribution in [0.1, 0.15) is 25.0 Å². The van der Waals surface area contributed by atoms with Gasteiger partial charge in [-0.15, -0.1) is 0 Å². The van der Waals surface area contributed by atoms with E-state index in [1.54, 1.807) is 14.2 Å². The van der Waals surface area contributed by atoms with Crippen LogP contribution in [-0.4, -0.2) is 24.7 Å². The third-order valence-electron chi connectivity index (χ3n) is 4.51. The number of fused-ring (bicyclic) bond motifs is 1. The van der Waals surface area contributed by atoms with Gasteiger partial charge in [-0.25, -0.2) is 0 Å². The zero-order valence-corrected chi connectivity index (χ0v) is 16.9. The van der Waals surface area contributed by atoms with E-state index in [0.717, 1.165) is 22.2 Å². The Morgan fingerprint density at radius 2 is 1.67 bits per heavy atom. The Bertz CT molecular complexity index is 1020. The van der Waals surface area contributed by atoms with E-state index in [1.807, 2.05) is 35.8 Å². The molecule has 27 heavy (non-hydrogen) atoms. The van der Waals surface area contributed by atoms with Crippen molar-refractivity contribution in [1.82, 2.24) is 4.57 Å². The molecular weight excluding hydrogens is 360 g/mol. The van der Waals surface area contributed by atoms with Crippen LogP contribution in [0.5, 0.6) is 11.5 Å². The lowest BCUT2D eigenvalue weighted by Crippen LogP contribution is -2.16. The highest BCUT2D eigenvalue weighted by Gasteiger charge is 2.12. The molecule has 2 aromatic carbocycles. The minimum absolute atomic E-state index is 0.146. The quantitative estimate of drug-likeness (QED) is 0.646. The van der Waals surface area contributed by atoms with Gasteiger partial charge >= 0.3 is 0 Å². The number of amides is 1. The van der Waals surface area contributed by atoms with Gasteiger partial charge in [0.05, 0.1) is 30.9 Å². The number of aromatic nitrogens is 1. The van der Waals surface area contributed by atoms with Gasteiger partial charge in [0.25, 0.3) is 5.91 Å². The second-order valence-electron chi connectivity index (χ2n) is 6.16. The molecule has 3 aromatic rings. The summed E-state index contributed by atoms with van der Waals surface area (Å²) in [6.45, 7) is 4.87. The first-order valence-electron chi connectivity index (χ1n) is 9.00. The van der Waals surface area contributed by atoms with Gasteiger partial charge in [0, 0.05) is 18.7 Å². The van der Waals surface area contributed by atoms with Gasteiger partial charge in [0.15, 0.2) is 16.3 Å². The molecule has 142 valence electrons. The van der Waals surface area contributed by atoms with Gasteiger partial charge < -0.3 is 14.0 Å². The van der Waals surface area contributed by atoms with Crippen molar-refractivity contribution < 1.29 is 14.3 Å². The van der Waals surface area contributed by atoms with Gasteiger partial charge in [0.2, 0.25) is 0 Å². The molecule has 0 saturated heterocycles. The fourth-order valence-electron chi connectivity index (χ4n) is 3.00. The molecule has 0 atom stereocenters. The summed E-state index contributed by atoms with van der Waals surface area (Å²) in [4.78, 5) is 17.6. The molecule has 0 fully saturated rings. The van der Waals surface area contributed by atoms with Crippen molar-refractivity contribution in [2.24, 2.45) is 4.99 Å². The molecule has 0 spiro atoms. The predicted molar refractivity (Wildman–Crippen MR) is 109 cm³/mol. The summed E-state index contributed by atoms with van der Waals surface area (Å²) in [5.41, 5.74) is 3.23. The van der Waals surface area contributed by atoms with E-state index in [0.29, 0.717) is 29.3 Å². The zero-order valence-electron chi connectivity index (χ0n) is 16.1. The lowest BCUT2D eigenvalue weighted by molar-refractivity contribution is -0.117. The minimum atomic E-state index is -0.146. The smallest absolute Gasteiger partial charge is 0.252 e. The van der Waals surface area contributed by atoms with Crippen molar-refractivity contribution in [2.45, 2.75) is 33.2 Å². The van der Waals surface area contributed by atoms with E-state index in [1.165, 1.54) is 16.9 Å². The molecule has 1 amide bonds. The number of ether oxygens (including phenoxy) is 2. The monoisotopic (exact) mass is 384 g/mol. The van der Waals surface area contributed by atoms with Crippen molar-refractivity contribution in [1.29, 1.82) is 0 Å². The van der Waals surface area contributed by atoms with Gasteiger partial charge in [0.1, 0.15) is 0 Å². The number of carbonyl (C=O) groups excluding carboxylic acids is 1. The highest BCUT2D eigenvalue weighted by atomic mass is 32.1. The Morgan fingerprint density at radius 3 is 2.26 bits per heavy atom. The minimum Gasteiger partial charge on any atom is -0.493 e. The number of hydrogen-bond donors (Lipinski definition) is 0. The molecule has 0 aliphatic carbocycles. The van der Waals surface area contributed by atoms with Crippen molar-refractivity contribution in [2.75, 3.05) is 14.2 Å². The normalized spacial score (nSPS) is 11.8. The van der Waals surface area contributed by atoms with Crippen LogP contribution >= 0.6 is 11.3 Å². The highest BCUT2D eigenvalue weighted by molar-refractivity contribution is 7.16. The van der Waals surface area contributed by atoms with Crippen molar-refractivity contribution in [3.8, 4) is 11.5 Å². The molecule has 0 saturated carbocycles. The van der Waals surface area contributed by atoms with E-state index in [4.69, 9.17) is 9.47 Å². The van der Waals surface area contributed by atoms with Crippen LogP contribution < -0.4 is 14.3 Å². The maximum absolute atomic E-state index is 12.5. The van der Waals surface area contributed by atoms with E-state index < -0.39 is 0 Å². The van der Waals surface area contributed by atoms with Crippen LogP contribution in [0, 0.1) is 0 Å². The molecule has 0 unspecified atom stereocenters. The van der Waals surface area contributed by atoms with E-state index in [-0.39, 0.29) is 5.91 Å². The average molecular weight is 385 g/mol. The third-order valence-corrected chi connectivity index (χ3v) is 5.55. The van der Waals surface area contributed by atoms with Crippen molar-refractivity contribution in [3.63, 3.8) is 0 Å². The Kier molecular flexibility index (Phi) is 5.96. The van der Waals surface area contributed by atoms with Gasteiger partial charge in [-0.2, -0.15) is 4.99 Å². The van der Waals surface area contributed by atoms with E-state index in [9.17, 15) is 4.79 Å². The van der Waals surface area contributed by atoms with Crippen LogP contribution in [0.3, 0.4) is 0 Å². The maximum atomic E-state index is 12.5. The summed E-state index contributed by atoms with van der Waals surface area (Å²) in [5.74, 6) is 1.19. The summed E-state index contributed by atoms with van der Waals surface area (Å²) < 4.78 is 13.8. The number of carbonyl (C=O) groups is 1. The molecule has 0 aliphatic heterocycles. The standard InChI is InChI=1S/C21H24N2O3S/c1-5-14-7-9-15(10-8-14)11-20(24)22-21-23(6-2)16-12-17(25-3)18(26-4)13-19(16)27-21/h7-10,12-13H,5-6,11H2,1-4H3.